The molecule has 90 valence electrons. The Morgan fingerprint density at radius 3 is 3.00 bits per heavy atom. The van der Waals surface area contributed by atoms with E-state index in [0.717, 1.165) is 0 Å². The summed E-state index contributed by atoms with van der Waals surface area (Å²) in [6.07, 6.45) is 1.85. The number of nitrogens with one attached hydrogen (secondary N) is 1. The van der Waals surface area contributed by atoms with Gasteiger partial charge >= 0.3 is 5.97 Å². The van der Waals surface area contributed by atoms with Gasteiger partial charge in [0.15, 0.2) is 5.16 Å². The second-order valence-electron chi connectivity index (χ2n) is 3.17. The van der Waals surface area contributed by atoms with Gasteiger partial charge in [0.25, 0.3) is 0 Å². The summed E-state index contributed by atoms with van der Waals surface area (Å²) in [5.74, 6) is -0.424. The number of rotatable bonds is 3. The minimum atomic E-state index is -0.424. The van der Waals surface area contributed by atoms with Crippen LogP contribution in [0.15, 0.2) is 11.2 Å². The zero-order valence-corrected chi connectivity index (χ0v) is 10.9. The van der Waals surface area contributed by atoms with Gasteiger partial charge in [0.05, 0.1) is 12.0 Å². The molecular formula is C10H10ClN3O2S. The van der Waals surface area contributed by atoms with E-state index in [4.69, 9.17) is 16.3 Å². The van der Waals surface area contributed by atoms with Crippen molar-refractivity contribution in [3.05, 3.63) is 16.9 Å². The molecule has 0 amide bonds. The van der Waals surface area contributed by atoms with Crippen molar-refractivity contribution in [1.29, 1.82) is 0 Å². The first-order chi connectivity index (χ1) is 8.15. The van der Waals surface area contributed by atoms with Gasteiger partial charge < -0.3 is 9.72 Å². The third-order valence-electron chi connectivity index (χ3n) is 2.10. The molecule has 0 saturated carbocycles. The fourth-order valence-corrected chi connectivity index (χ4v) is 2.00. The Hall–Kier alpha value is -1.27. The summed E-state index contributed by atoms with van der Waals surface area (Å²) in [5.41, 5.74) is 0.869. The molecule has 0 bridgehead atoms. The van der Waals surface area contributed by atoms with Crippen molar-refractivity contribution in [1.82, 2.24) is 15.0 Å². The van der Waals surface area contributed by atoms with Crippen molar-refractivity contribution in [3.63, 3.8) is 0 Å². The quantitative estimate of drug-likeness (QED) is 0.402. The molecule has 2 aromatic rings. The number of hydrogen-bond donors (Lipinski definition) is 1. The van der Waals surface area contributed by atoms with E-state index in [9.17, 15) is 4.79 Å². The van der Waals surface area contributed by atoms with E-state index >= 15 is 0 Å². The van der Waals surface area contributed by atoms with Crippen LogP contribution in [0.25, 0.3) is 11.0 Å². The predicted molar refractivity (Wildman–Crippen MR) is 66.6 cm³/mol. The van der Waals surface area contributed by atoms with Crippen LogP contribution < -0.4 is 0 Å². The van der Waals surface area contributed by atoms with Crippen molar-refractivity contribution < 1.29 is 9.53 Å². The lowest BCUT2D eigenvalue weighted by Crippen LogP contribution is -2.04. The molecule has 7 heteroatoms. The Morgan fingerprint density at radius 2 is 2.35 bits per heavy atom. The van der Waals surface area contributed by atoms with E-state index in [1.54, 1.807) is 13.0 Å². The number of hydrogen-bond acceptors (Lipinski definition) is 5. The molecule has 0 aliphatic heterocycles. The van der Waals surface area contributed by atoms with E-state index in [1.807, 2.05) is 6.26 Å². The molecule has 2 rings (SSSR count). The molecule has 0 atom stereocenters. The highest BCUT2D eigenvalue weighted by atomic mass is 35.5. The Labute approximate surface area is 107 Å². The molecule has 0 radical (unpaired) electrons. The average Bonchev–Trinajstić information content (AvgIpc) is 2.73. The Bertz CT molecular complexity index is 570. The first-order valence-corrected chi connectivity index (χ1v) is 6.53. The summed E-state index contributed by atoms with van der Waals surface area (Å²) in [6.45, 7) is 2.07. The number of aromatic amines is 1. The van der Waals surface area contributed by atoms with Crippen LogP contribution in [0.1, 0.15) is 17.4 Å². The van der Waals surface area contributed by atoms with Crippen LogP contribution in [0.5, 0.6) is 0 Å². The van der Waals surface area contributed by atoms with E-state index in [0.29, 0.717) is 33.6 Å². The van der Waals surface area contributed by atoms with Gasteiger partial charge in [-0.2, -0.15) is 0 Å². The summed E-state index contributed by atoms with van der Waals surface area (Å²) < 4.78 is 4.89. The standard InChI is InChI=1S/C10H10ClN3O2S/c1-3-16-9(15)6-4-5-7(11)13-10(17-2)14-8(5)12-6/h4H,3H2,1-2H3,(H,12,13,14). The van der Waals surface area contributed by atoms with Crippen molar-refractivity contribution in [2.24, 2.45) is 0 Å². The third-order valence-corrected chi connectivity index (χ3v) is 2.93. The monoisotopic (exact) mass is 271 g/mol. The fraction of sp³-hybridized carbons (Fsp3) is 0.300. The lowest BCUT2D eigenvalue weighted by atomic mass is 10.3. The molecule has 0 unspecified atom stereocenters. The highest BCUT2D eigenvalue weighted by Gasteiger charge is 2.14. The van der Waals surface area contributed by atoms with Crippen molar-refractivity contribution >= 4 is 40.4 Å². The number of nitrogens with zero attached hydrogens (tertiary/aromatic N) is 2. The summed E-state index contributed by atoms with van der Waals surface area (Å²) in [6, 6.07) is 1.60. The Kier molecular flexibility index (Phi) is 3.54. The molecule has 2 heterocycles. The minimum Gasteiger partial charge on any atom is -0.461 e. The fourth-order valence-electron chi connectivity index (χ4n) is 1.36. The molecule has 0 aromatic carbocycles. The van der Waals surface area contributed by atoms with E-state index in [-0.39, 0.29) is 0 Å². The predicted octanol–water partition coefficient (Wildman–Crippen LogP) is 2.51. The SMILES string of the molecule is CCOC(=O)c1cc2c(Cl)nc(SC)nc2[nH]1. The van der Waals surface area contributed by atoms with Crippen LogP contribution in [0.2, 0.25) is 5.15 Å². The van der Waals surface area contributed by atoms with E-state index < -0.39 is 5.97 Å². The highest BCUT2D eigenvalue weighted by molar-refractivity contribution is 7.98. The first kappa shape index (κ1) is 12.2. The average molecular weight is 272 g/mol. The van der Waals surface area contributed by atoms with Crippen molar-refractivity contribution in [2.45, 2.75) is 12.1 Å². The smallest absolute Gasteiger partial charge is 0.354 e. The molecule has 0 aliphatic carbocycles. The van der Waals surface area contributed by atoms with Gasteiger partial charge in [0, 0.05) is 0 Å². The molecule has 0 saturated heterocycles. The van der Waals surface area contributed by atoms with Crippen LogP contribution in [0, 0.1) is 0 Å². The third kappa shape index (κ3) is 2.37. The topological polar surface area (TPSA) is 67.9 Å². The maximum Gasteiger partial charge on any atom is 0.354 e. The number of halogens is 1. The lowest BCUT2D eigenvalue weighted by Gasteiger charge is -1.96. The number of H-pyrrole nitrogens is 1. The van der Waals surface area contributed by atoms with Gasteiger partial charge in [-0.1, -0.05) is 23.4 Å². The second-order valence-corrected chi connectivity index (χ2v) is 4.30. The molecule has 0 aliphatic rings. The number of ether oxygens (including phenoxy) is 1. The lowest BCUT2D eigenvalue weighted by molar-refractivity contribution is 0.0520. The Morgan fingerprint density at radius 1 is 1.59 bits per heavy atom. The van der Waals surface area contributed by atoms with Gasteiger partial charge in [0.2, 0.25) is 0 Å². The van der Waals surface area contributed by atoms with Gasteiger partial charge in [0.1, 0.15) is 16.5 Å². The van der Waals surface area contributed by atoms with Crippen molar-refractivity contribution in [3.8, 4) is 0 Å². The minimum absolute atomic E-state index is 0.323. The highest BCUT2D eigenvalue weighted by Crippen LogP contribution is 2.24. The first-order valence-electron chi connectivity index (χ1n) is 4.93. The maximum absolute atomic E-state index is 11.5. The number of esters is 1. The molecule has 17 heavy (non-hydrogen) atoms. The van der Waals surface area contributed by atoms with E-state index in [2.05, 4.69) is 15.0 Å². The zero-order chi connectivity index (χ0) is 12.4. The number of carbonyl (C=O) groups excluding carboxylic acids is 1. The molecule has 2 aromatic heterocycles. The maximum atomic E-state index is 11.5. The number of carbonyl (C=O) groups is 1. The van der Waals surface area contributed by atoms with Crippen LogP contribution in [0.4, 0.5) is 0 Å². The number of fused-ring (bicyclic) bond motifs is 1. The second kappa shape index (κ2) is 4.93. The molecule has 5 nitrogen and oxygen atoms in total. The zero-order valence-electron chi connectivity index (χ0n) is 9.28. The molecule has 1 N–H and O–H groups in total. The van der Waals surface area contributed by atoms with Gasteiger partial charge in [-0.3, -0.25) is 0 Å². The summed E-state index contributed by atoms with van der Waals surface area (Å²) >= 11 is 7.38. The molecule has 0 spiro atoms. The summed E-state index contributed by atoms with van der Waals surface area (Å²) in [4.78, 5) is 22.7. The molecular weight excluding hydrogens is 262 g/mol. The normalized spacial score (nSPS) is 10.8. The van der Waals surface area contributed by atoms with Crippen LogP contribution >= 0.6 is 23.4 Å². The van der Waals surface area contributed by atoms with Crippen LogP contribution in [-0.4, -0.2) is 33.8 Å². The van der Waals surface area contributed by atoms with Crippen molar-refractivity contribution in [2.75, 3.05) is 12.9 Å². The van der Waals surface area contributed by atoms with Gasteiger partial charge in [-0.25, -0.2) is 14.8 Å². The molecule has 0 fully saturated rings. The summed E-state index contributed by atoms with van der Waals surface area (Å²) in [7, 11) is 0. The largest absolute Gasteiger partial charge is 0.461 e. The van der Waals surface area contributed by atoms with Gasteiger partial charge in [-0.15, -0.1) is 0 Å². The van der Waals surface area contributed by atoms with Gasteiger partial charge in [-0.05, 0) is 19.2 Å². The van der Waals surface area contributed by atoms with Crippen LogP contribution in [-0.2, 0) is 4.74 Å². The van der Waals surface area contributed by atoms with Crippen LogP contribution in [0.3, 0.4) is 0 Å². The number of aromatic nitrogens is 3. The number of thioether (sulfide) groups is 1. The Balaban J connectivity index is 2.49. The summed E-state index contributed by atoms with van der Waals surface area (Å²) in [5, 5.41) is 1.50. The van der Waals surface area contributed by atoms with E-state index in [1.165, 1.54) is 11.8 Å².